The molecule has 1 aliphatic carbocycles. The van der Waals surface area contributed by atoms with E-state index in [9.17, 15) is 4.79 Å². The number of pyridine rings is 1. The van der Waals surface area contributed by atoms with Crippen molar-refractivity contribution >= 4 is 28.7 Å². The van der Waals surface area contributed by atoms with Crippen LogP contribution in [0.3, 0.4) is 0 Å². The van der Waals surface area contributed by atoms with E-state index in [0.29, 0.717) is 39.6 Å². The number of aromatic amines is 1. The quantitative estimate of drug-likeness (QED) is 0.297. The van der Waals surface area contributed by atoms with E-state index in [1.165, 1.54) is 12.8 Å². The summed E-state index contributed by atoms with van der Waals surface area (Å²) in [5.41, 5.74) is 2.54. The first-order valence-corrected chi connectivity index (χ1v) is 14.3. The highest BCUT2D eigenvalue weighted by molar-refractivity contribution is 6.30. The number of nitrogens with one attached hydrogen (secondary N) is 1. The first-order chi connectivity index (χ1) is 19.9. The molecular formula is C27H29ClN10O3. The summed E-state index contributed by atoms with van der Waals surface area (Å²) in [6.07, 6.45) is 9.79. The lowest BCUT2D eigenvalue weighted by molar-refractivity contribution is 0.266. The zero-order valence-electron chi connectivity index (χ0n) is 22.7. The van der Waals surface area contributed by atoms with Gasteiger partial charge in [0.25, 0.3) is 0 Å². The lowest BCUT2D eigenvalue weighted by Crippen LogP contribution is -2.28. The minimum absolute atomic E-state index is 0.103. The lowest BCUT2D eigenvalue weighted by atomic mass is 9.83. The first kappa shape index (κ1) is 25.8. The van der Waals surface area contributed by atoms with Crippen molar-refractivity contribution in [1.29, 1.82) is 0 Å². The van der Waals surface area contributed by atoms with Crippen LogP contribution in [0, 0.1) is 18.8 Å². The van der Waals surface area contributed by atoms with Crippen molar-refractivity contribution in [3.8, 4) is 22.9 Å². The summed E-state index contributed by atoms with van der Waals surface area (Å²) in [6.45, 7) is 5.66. The van der Waals surface area contributed by atoms with Crippen LogP contribution in [0.15, 0.2) is 32.2 Å². The van der Waals surface area contributed by atoms with Gasteiger partial charge in [-0.2, -0.15) is 4.98 Å². The second kappa shape index (κ2) is 10.4. The van der Waals surface area contributed by atoms with Gasteiger partial charge >= 0.3 is 5.76 Å². The zero-order valence-corrected chi connectivity index (χ0v) is 23.5. The SMILES string of the molecule is Cc1nnc(C2CCCN2c2nc3nc(-c4noc(=O)[nH]4)nc(-c4cncc(Cl)c4)c3n2C[C@H]2CC[C@H](C)CC2)o1. The lowest BCUT2D eigenvalue weighted by Gasteiger charge is -2.29. The maximum Gasteiger partial charge on any atom is 0.439 e. The summed E-state index contributed by atoms with van der Waals surface area (Å²) in [5, 5.41) is 12.7. The van der Waals surface area contributed by atoms with Crippen LogP contribution in [0.25, 0.3) is 34.1 Å². The van der Waals surface area contributed by atoms with E-state index < -0.39 is 5.76 Å². The number of rotatable bonds is 6. The van der Waals surface area contributed by atoms with Crippen LogP contribution in [0.2, 0.25) is 5.02 Å². The van der Waals surface area contributed by atoms with Crippen molar-refractivity contribution in [2.45, 2.75) is 65.0 Å². The molecule has 0 bridgehead atoms. The van der Waals surface area contributed by atoms with Gasteiger partial charge in [-0.1, -0.05) is 36.5 Å². The van der Waals surface area contributed by atoms with Crippen LogP contribution in [0.4, 0.5) is 5.95 Å². The molecule has 0 spiro atoms. The van der Waals surface area contributed by atoms with Crippen LogP contribution in [-0.4, -0.2) is 51.4 Å². The van der Waals surface area contributed by atoms with Crippen molar-refractivity contribution in [2.75, 3.05) is 11.4 Å². The van der Waals surface area contributed by atoms with E-state index in [1.54, 1.807) is 19.3 Å². The molecule has 0 radical (unpaired) electrons. The van der Waals surface area contributed by atoms with Crippen LogP contribution in [-0.2, 0) is 6.54 Å². The Morgan fingerprint density at radius 3 is 2.68 bits per heavy atom. The number of imidazole rings is 1. The number of nitrogens with zero attached hydrogens (tertiary/aromatic N) is 9. The molecule has 2 fully saturated rings. The van der Waals surface area contributed by atoms with E-state index >= 15 is 0 Å². The van der Waals surface area contributed by atoms with Gasteiger partial charge < -0.3 is 13.9 Å². The van der Waals surface area contributed by atoms with Crippen LogP contribution >= 0.6 is 11.6 Å². The highest BCUT2D eigenvalue weighted by Crippen LogP contribution is 2.40. The van der Waals surface area contributed by atoms with Gasteiger partial charge in [-0.3, -0.25) is 14.5 Å². The Morgan fingerprint density at radius 2 is 1.95 bits per heavy atom. The molecule has 41 heavy (non-hydrogen) atoms. The number of anilines is 1. The fraction of sp³-hybridized carbons (Fsp3) is 0.481. The maximum atomic E-state index is 11.8. The largest absolute Gasteiger partial charge is 0.439 e. The topological polar surface area (TPSA) is 158 Å². The predicted molar refractivity (Wildman–Crippen MR) is 149 cm³/mol. The summed E-state index contributed by atoms with van der Waals surface area (Å²) in [6, 6.07) is 1.71. The third-order valence-electron chi connectivity index (χ3n) is 8.13. The molecule has 212 valence electrons. The van der Waals surface area contributed by atoms with Gasteiger partial charge in [0.05, 0.1) is 5.02 Å². The van der Waals surface area contributed by atoms with E-state index in [1.807, 2.05) is 6.07 Å². The van der Waals surface area contributed by atoms with E-state index in [0.717, 1.165) is 56.2 Å². The smallest absolute Gasteiger partial charge is 0.423 e. The Balaban J connectivity index is 1.44. The van der Waals surface area contributed by atoms with Crippen molar-refractivity contribution in [3.05, 3.63) is 45.8 Å². The van der Waals surface area contributed by atoms with Crippen molar-refractivity contribution in [3.63, 3.8) is 0 Å². The molecule has 0 aromatic carbocycles. The van der Waals surface area contributed by atoms with Crippen LogP contribution < -0.4 is 10.7 Å². The molecule has 1 aliphatic heterocycles. The number of aromatic nitrogens is 9. The number of aryl methyl sites for hydroxylation is 1. The van der Waals surface area contributed by atoms with Gasteiger partial charge in [-0.25, -0.2) is 14.8 Å². The van der Waals surface area contributed by atoms with E-state index in [4.69, 9.17) is 35.5 Å². The second-order valence-corrected chi connectivity index (χ2v) is 11.5. The summed E-state index contributed by atoms with van der Waals surface area (Å²) in [5.74, 6) is 2.71. The average molecular weight is 577 g/mol. The minimum Gasteiger partial charge on any atom is -0.423 e. The molecule has 14 heteroatoms. The number of halogens is 1. The summed E-state index contributed by atoms with van der Waals surface area (Å²) in [4.78, 5) is 35.6. The van der Waals surface area contributed by atoms with Gasteiger partial charge in [0.1, 0.15) is 17.3 Å². The summed E-state index contributed by atoms with van der Waals surface area (Å²) < 4.78 is 12.9. The molecule has 1 N–H and O–H groups in total. The van der Waals surface area contributed by atoms with Gasteiger partial charge in [-0.15, -0.1) is 10.2 Å². The fourth-order valence-electron chi connectivity index (χ4n) is 6.07. The van der Waals surface area contributed by atoms with Gasteiger partial charge in [0.15, 0.2) is 5.65 Å². The second-order valence-electron chi connectivity index (χ2n) is 11.1. The Bertz CT molecular complexity index is 1770. The van der Waals surface area contributed by atoms with Crippen molar-refractivity contribution < 1.29 is 8.94 Å². The molecule has 1 atom stereocenters. The van der Waals surface area contributed by atoms with Gasteiger partial charge in [-0.05, 0) is 43.6 Å². The molecule has 1 saturated heterocycles. The predicted octanol–water partition coefficient (Wildman–Crippen LogP) is 4.74. The number of hydrogen-bond donors (Lipinski definition) is 1. The number of hydrogen-bond acceptors (Lipinski definition) is 11. The van der Waals surface area contributed by atoms with Crippen LogP contribution in [0.5, 0.6) is 0 Å². The average Bonchev–Trinajstić information content (AvgIpc) is 3.76. The zero-order chi connectivity index (χ0) is 28.1. The van der Waals surface area contributed by atoms with Crippen LogP contribution in [0.1, 0.15) is 63.3 Å². The summed E-state index contributed by atoms with van der Waals surface area (Å²) in [7, 11) is 0. The third-order valence-corrected chi connectivity index (χ3v) is 8.33. The molecule has 1 unspecified atom stereocenters. The molecule has 1 saturated carbocycles. The number of fused-ring (bicyclic) bond motifs is 1. The first-order valence-electron chi connectivity index (χ1n) is 13.9. The van der Waals surface area contributed by atoms with Crippen molar-refractivity contribution in [1.82, 2.24) is 44.8 Å². The molecule has 2 aliphatic rings. The molecule has 0 amide bonds. The normalized spacial score (nSPS) is 21.2. The monoisotopic (exact) mass is 576 g/mol. The number of H-pyrrole nitrogens is 1. The molecule has 6 heterocycles. The highest BCUT2D eigenvalue weighted by Gasteiger charge is 2.35. The molecule has 7 rings (SSSR count). The Morgan fingerprint density at radius 1 is 1.10 bits per heavy atom. The Kier molecular flexibility index (Phi) is 6.53. The third kappa shape index (κ3) is 4.88. The van der Waals surface area contributed by atoms with Crippen molar-refractivity contribution in [2.24, 2.45) is 11.8 Å². The van der Waals surface area contributed by atoms with E-state index in [-0.39, 0.29) is 17.7 Å². The highest BCUT2D eigenvalue weighted by atomic mass is 35.5. The fourth-order valence-corrected chi connectivity index (χ4v) is 6.24. The minimum atomic E-state index is -0.692. The summed E-state index contributed by atoms with van der Waals surface area (Å²) >= 11 is 6.38. The molecule has 5 aromatic heterocycles. The van der Waals surface area contributed by atoms with Gasteiger partial charge in [0.2, 0.25) is 29.4 Å². The standard InChI is InChI=1S/C27H29ClN10O3/c1-14-5-7-16(8-6-14)13-38-21-20(17-10-18(28)12-29-11-17)30-23(24-33-27(39)41-36-24)31-22(21)32-26(38)37-9-3-4-19(37)25-35-34-15(2)40-25/h10-12,14,16,19H,3-9,13H2,1-2H3,(H,33,36,39)/t14-,16-,19?. The molecule has 13 nitrogen and oxygen atoms in total. The molecule has 5 aromatic rings. The Hall–Kier alpha value is -4.13. The molecular weight excluding hydrogens is 548 g/mol. The van der Waals surface area contributed by atoms with E-state index in [2.05, 4.69) is 41.7 Å². The van der Waals surface area contributed by atoms with Gasteiger partial charge in [0, 0.05) is 38.0 Å². The Labute approximate surface area is 239 Å². The maximum absolute atomic E-state index is 11.8.